The Bertz CT molecular complexity index is 1020. The van der Waals surface area contributed by atoms with Crippen LogP contribution in [0.15, 0.2) is 59.5 Å². The van der Waals surface area contributed by atoms with Gasteiger partial charge in [-0.3, -0.25) is 14.9 Å². The lowest BCUT2D eigenvalue weighted by Crippen LogP contribution is -2.31. The Hall–Kier alpha value is -2.84. The molecule has 0 atom stereocenters. The molecule has 0 aliphatic carbocycles. The molecule has 8 heteroatoms. The fraction of sp³-hybridized carbons (Fsp3) is 0.286. The molecule has 1 aliphatic heterocycles. The van der Waals surface area contributed by atoms with E-state index in [0.29, 0.717) is 24.2 Å². The Morgan fingerprint density at radius 2 is 1.66 bits per heavy atom. The molecule has 2 aromatic rings. The second-order valence-corrected chi connectivity index (χ2v) is 8.83. The van der Waals surface area contributed by atoms with Crippen molar-refractivity contribution in [3.63, 3.8) is 0 Å². The summed E-state index contributed by atoms with van der Waals surface area (Å²) in [5, 5.41) is 10.8. The van der Waals surface area contributed by atoms with E-state index in [9.17, 15) is 23.3 Å². The van der Waals surface area contributed by atoms with Gasteiger partial charge in [0.25, 0.3) is 5.69 Å². The molecular formula is C21H22N2O5S. The number of carbonyl (C=O) groups excluding carboxylic acids is 1. The van der Waals surface area contributed by atoms with Crippen molar-refractivity contribution < 1.29 is 18.1 Å². The van der Waals surface area contributed by atoms with Crippen LogP contribution in [0.3, 0.4) is 0 Å². The van der Waals surface area contributed by atoms with Gasteiger partial charge in [-0.1, -0.05) is 31.1 Å². The van der Waals surface area contributed by atoms with Gasteiger partial charge < -0.3 is 0 Å². The SMILES string of the molecule is O=C(/C=C/c1cccc([N+](=O)[O-])c1)c1ccc(S(=O)(=O)N2CCCCCC2)cc1. The first kappa shape index (κ1) is 20.9. The standard InChI is InChI=1S/C21H22N2O5S/c24-21(13-8-17-6-5-7-19(16-17)23(25)26)18-9-11-20(12-10-18)29(27,28)22-14-3-1-2-4-15-22/h5-13,16H,1-4,14-15H2/b13-8+. The molecule has 3 rings (SSSR count). The molecule has 152 valence electrons. The first-order valence-electron chi connectivity index (χ1n) is 9.45. The molecule has 1 fully saturated rings. The van der Waals surface area contributed by atoms with Crippen LogP contribution in [-0.2, 0) is 10.0 Å². The van der Waals surface area contributed by atoms with Crippen molar-refractivity contribution in [1.82, 2.24) is 4.31 Å². The molecule has 0 bridgehead atoms. The summed E-state index contributed by atoms with van der Waals surface area (Å²) in [5.74, 6) is -0.310. The lowest BCUT2D eigenvalue weighted by atomic mass is 10.1. The third-order valence-electron chi connectivity index (χ3n) is 4.85. The van der Waals surface area contributed by atoms with Gasteiger partial charge in [-0.05, 0) is 48.7 Å². The van der Waals surface area contributed by atoms with Crippen molar-refractivity contribution in [2.75, 3.05) is 13.1 Å². The van der Waals surface area contributed by atoms with Crippen LogP contribution < -0.4 is 0 Å². The zero-order valence-electron chi connectivity index (χ0n) is 15.9. The molecule has 7 nitrogen and oxygen atoms in total. The summed E-state index contributed by atoms with van der Waals surface area (Å²) in [6.07, 6.45) is 6.61. The van der Waals surface area contributed by atoms with Crippen molar-refractivity contribution in [2.45, 2.75) is 30.6 Å². The topological polar surface area (TPSA) is 97.6 Å². The summed E-state index contributed by atoms with van der Waals surface area (Å²) in [6.45, 7) is 1.05. The van der Waals surface area contributed by atoms with Crippen LogP contribution in [0.2, 0.25) is 0 Å². The van der Waals surface area contributed by atoms with Crippen LogP contribution in [0.5, 0.6) is 0 Å². The van der Waals surface area contributed by atoms with Crippen molar-refractivity contribution in [3.8, 4) is 0 Å². The van der Waals surface area contributed by atoms with Crippen LogP contribution in [0.1, 0.15) is 41.6 Å². The second kappa shape index (κ2) is 9.11. The highest BCUT2D eigenvalue weighted by molar-refractivity contribution is 7.89. The van der Waals surface area contributed by atoms with Crippen LogP contribution in [0.25, 0.3) is 6.08 Å². The van der Waals surface area contributed by atoms with Gasteiger partial charge >= 0.3 is 0 Å². The minimum absolute atomic E-state index is 0.0531. The van der Waals surface area contributed by atoms with E-state index in [-0.39, 0.29) is 16.4 Å². The minimum atomic E-state index is -3.56. The maximum Gasteiger partial charge on any atom is 0.270 e. The minimum Gasteiger partial charge on any atom is -0.289 e. The Morgan fingerprint density at radius 1 is 1.00 bits per heavy atom. The molecule has 2 aromatic carbocycles. The number of hydrogen-bond acceptors (Lipinski definition) is 5. The predicted molar refractivity (Wildman–Crippen MR) is 110 cm³/mol. The molecule has 0 spiro atoms. The summed E-state index contributed by atoms with van der Waals surface area (Å²) >= 11 is 0. The van der Waals surface area contributed by atoms with Crippen molar-refractivity contribution >= 4 is 27.6 Å². The van der Waals surface area contributed by atoms with E-state index in [1.54, 1.807) is 12.1 Å². The van der Waals surface area contributed by atoms with Gasteiger partial charge in [-0.2, -0.15) is 4.31 Å². The number of sulfonamides is 1. The molecule has 1 heterocycles. The van der Waals surface area contributed by atoms with Gasteiger partial charge in [0.15, 0.2) is 5.78 Å². The monoisotopic (exact) mass is 414 g/mol. The van der Waals surface area contributed by atoms with E-state index in [0.717, 1.165) is 25.7 Å². The number of allylic oxidation sites excluding steroid dienone is 1. The molecule has 0 saturated carbocycles. The molecule has 1 saturated heterocycles. The summed E-state index contributed by atoms with van der Waals surface area (Å²) in [5.41, 5.74) is 0.831. The van der Waals surface area contributed by atoms with Gasteiger partial charge in [-0.15, -0.1) is 0 Å². The van der Waals surface area contributed by atoms with E-state index in [2.05, 4.69) is 0 Å². The van der Waals surface area contributed by atoms with Gasteiger partial charge in [0, 0.05) is 30.8 Å². The van der Waals surface area contributed by atoms with E-state index in [1.807, 2.05) is 0 Å². The maximum absolute atomic E-state index is 12.8. The number of nitro groups is 1. The van der Waals surface area contributed by atoms with Crippen LogP contribution in [0.4, 0.5) is 5.69 Å². The van der Waals surface area contributed by atoms with Crippen molar-refractivity contribution in [2.24, 2.45) is 0 Å². The van der Waals surface area contributed by atoms with Crippen molar-refractivity contribution in [3.05, 3.63) is 75.8 Å². The van der Waals surface area contributed by atoms with E-state index in [4.69, 9.17) is 0 Å². The average Bonchev–Trinajstić information content (AvgIpc) is 3.02. The van der Waals surface area contributed by atoms with Gasteiger partial charge in [0.2, 0.25) is 10.0 Å². The summed E-state index contributed by atoms with van der Waals surface area (Å²) in [7, 11) is -3.56. The quantitative estimate of drug-likeness (QED) is 0.307. The first-order valence-corrected chi connectivity index (χ1v) is 10.9. The predicted octanol–water partition coefficient (Wildman–Crippen LogP) is 4.06. The van der Waals surface area contributed by atoms with Gasteiger partial charge in [0.1, 0.15) is 0 Å². The largest absolute Gasteiger partial charge is 0.289 e. The number of hydrogen-bond donors (Lipinski definition) is 0. The number of ketones is 1. The number of nitrogens with zero attached hydrogens (tertiary/aromatic N) is 2. The first-order chi connectivity index (χ1) is 13.9. The zero-order chi connectivity index (χ0) is 20.9. The molecule has 1 aliphatic rings. The molecule has 0 amide bonds. The zero-order valence-corrected chi connectivity index (χ0v) is 16.7. The number of benzene rings is 2. The van der Waals surface area contributed by atoms with Crippen molar-refractivity contribution in [1.29, 1.82) is 0 Å². The third-order valence-corrected chi connectivity index (χ3v) is 6.76. The van der Waals surface area contributed by atoms with Crippen LogP contribution in [-0.4, -0.2) is 36.5 Å². The highest BCUT2D eigenvalue weighted by Crippen LogP contribution is 2.21. The molecule has 0 aromatic heterocycles. The number of non-ortho nitro benzene ring substituents is 1. The molecule has 0 radical (unpaired) electrons. The van der Waals surface area contributed by atoms with Gasteiger partial charge in [-0.25, -0.2) is 8.42 Å². The van der Waals surface area contributed by atoms with E-state index in [1.165, 1.54) is 52.9 Å². The fourth-order valence-corrected chi connectivity index (χ4v) is 4.75. The van der Waals surface area contributed by atoms with E-state index >= 15 is 0 Å². The summed E-state index contributed by atoms with van der Waals surface area (Å²) < 4.78 is 27.1. The molecule has 0 N–H and O–H groups in total. The fourth-order valence-electron chi connectivity index (χ4n) is 3.23. The number of rotatable bonds is 6. The lowest BCUT2D eigenvalue weighted by Gasteiger charge is -2.19. The summed E-state index contributed by atoms with van der Waals surface area (Å²) in [6, 6.07) is 11.8. The van der Waals surface area contributed by atoms with Gasteiger partial charge in [0.05, 0.1) is 9.82 Å². The maximum atomic E-state index is 12.8. The summed E-state index contributed by atoms with van der Waals surface area (Å²) in [4.78, 5) is 22.9. The lowest BCUT2D eigenvalue weighted by molar-refractivity contribution is -0.384. The highest BCUT2D eigenvalue weighted by atomic mass is 32.2. The normalized spacial score (nSPS) is 15.9. The molecular weight excluding hydrogens is 392 g/mol. The highest BCUT2D eigenvalue weighted by Gasteiger charge is 2.25. The Morgan fingerprint density at radius 3 is 2.28 bits per heavy atom. The third kappa shape index (κ3) is 5.16. The number of nitro benzene ring substituents is 1. The second-order valence-electron chi connectivity index (χ2n) is 6.89. The Labute approximate surface area is 169 Å². The molecule has 0 unspecified atom stereocenters. The van der Waals surface area contributed by atoms with Crippen LogP contribution in [0, 0.1) is 10.1 Å². The smallest absolute Gasteiger partial charge is 0.270 e. The number of carbonyl (C=O) groups is 1. The molecule has 29 heavy (non-hydrogen) atoms. The van der Waals surface area contributed by atoms with E-state index < -0.39 is 14.9 Å². The average molecular weight is 414 g/mol. The Balaban J connectivity index is 1.73. The Kier molecular flexibility index (Phi) is 6.56. The van der Waals surface area contributed by atoms with Crippen LogP contribution >= 0.6 is 0 Å².